The van der Waals surface area contributed by atoms with Crippen molar-refractivity contribution in [2.75, 3.05) is 0 Å². The average Bonchev–Trinajstić information content (AvgIpc) is 2.47. The number of hydrogen-bond acceptors (Lipinski definition) is 3. The van der Waals surface area contributed by atoms with E-state index >= 15 is 0 Å². The van der Waals surface area contributed by atoms with Crippen LogP contribution in [0.1, 0.15) is 44.6 Å². The van der Waals surface area contributed by atoms with E-state index in [9.17, 15) is 4.79 Å². The molecule has 0 unspecified atom stereocenters. The number of ether oxygens (including phenoxy) is 1. The molecule has 1 aliphatic rings. The minimum absolute atomic E-state index is 0.158. The quantitative estimate of drug-likeness (QED) is 0.828. The van der Waals surface area contributed by atoms with Crippen LogP contribution in [-0.4, -0.2) is 18.1 Å². The zero-order valence-corrected chi connectivity index (χ0v) is 11.6. The molecular weight excluding hydrogens is 238 g/mol. The molecule has 0 aliphatic heterocycles. The molecule has 0 heterocycles. The third-order valence-electron chi connectivity index (χ3n) is 3.67. The van der Waals surface area contributed by atoms with E-state index in [1.54, 1.807) is 0 Å². The van der Waals surface area contributed by atoms with Gasteiger partial charge in [-0.3, -0.25) is 4.79 Å². The Morgan fingerprint density at radius 1 is 1.26 bits per heavy atom. The largest absolute Gasteiger partial charge is 0.460 e. The first-order chi connectivity index (χ1) is 9.25. The van der Waals surface area contributed by atoms with Crippen molar-refractivity contribution in [2.24, 2.45) is 0 Å². The molecule has 3 heteroatoms. The fraction of sp³-hybridized carbons (Fsp3) is 0.562. The van der Waals surface area contributed by atoms with Crippen LogP contribution in [0.3, 0.4) is 0 Å². The molecule has 0 saturated heterocycles. The molecule has 1 aliphatic carbocycles. The Hall–Kier alpha value is -1.35. The highest BCUT2D eigenvalue weighted by Gasteiger charge is 2.20. The molecule has 1 aromatic rings. The molecule has 1 aromatic carbocycles. The summed E-state index contributed by atoms with van der Waals surface area (Å²) in [6.07, 6.45) is 6.21. The molecule has 1 fully saturated rings. The highest BCUT2D eigenvalue weighted by atomic mass is 16.5. The van der Waals surface area contributed by atoms with Gasteiger partial charge in [-0.15, -0.1) is 0 Å². The Morgan fingerprint density at radius 3 is 2.63 bits per heavy atom. The first-order valence-corrected chi connectivity index (χ1v) is 7.22. The van der Waals surface area contributed by atoms with E-state index in [0.717, 1.165) is 5.56 Å². The summed E-state index contributed by atoms with van der Waals surface area (Å²) in [5.74, 6) is -0.158. The Morgan fingerprint density at radius 2 is 1.95 bits per heavy atom. The molecule has 2 rings (SSSR count). The molecule has 1 N–H and O–H groups in total. The maximum atomic E-state index is 11.9. The van der Waals surface area contributed by atoms with Crippen LogP contribution in [0, 0.1) is 0 Å². The number of nitrogens with one attached hydrogen (secondary N) is 1. The summed E-state index contributed by atoms with van der Waals surface area (Å²) < 4.78 is 5.33. The summed E-state index contributed by atoms with van der Waals surface area (Å²) in [5, 5.41) is 3.38. The fourth-order valence-corrected chi connectivity index (χ4v) is 2.54. The minimum Gasteiger partial charge on any atom is -0.460 e. The van der Waals surface area contributed by atoms with Crippen molar-refractivity contribution >= 4 is 5.97 Å². The maximum Gasteiger partial charge on any atom is 0.323 e. The lowest BCUT2D eigenvalue weighted by atomic mass is 9.95. The van der Waals surface area contributed by atoms with Crippen LogP contribution in [0.2, 0.25) is 0 Å². The smallest absolute Gasteiger partial charge is 0.323 e. The molecule has 0 radical (unpaired) electrons. The summed E-state index contributed by atoms with van der Waals surface area (Å²) in [6, 6.07) is 10.1. The van der Waals surface area contributed by atoms with Crippen molar-refractivity contribution in [1.82, 2.24) is 5.32 Å². The van der Waals surface area contributed by atoms with E-state index in [-0.39, 0.29) is 12.0 Å². The number of carbonyl (C=O) groups is 1. The number of hydrogen-bond donors (Lipinski definition) is 1. The monoisotopic (exact) mass is 261 g/mol. The summed E-state index contributed by atoms with van der Waals surface area (Å²) in [6.45, 7) is 2.25. The van der Waals surface area contributed by atoms with Crippen LogP contribution in [0.4, 0.5) is 0 Å². The lowest BCUT2D eigenvalue weighted by Crippen LogP contribution is -2.43. The van der Waals surface area contributed by atoms with Crippen molar-refractivity contribution in [1.29, 1.82) is 0 Å². The Bertz CT molecular complexity index is 385. The van der Waals surface area contributed by atoms with Crippen LogP contribution < -0.4 is 5.32 Å². The lowest BCUT2D eigenvalue weighted by Gasteiger charge is -2.25. The SMILES string of the molecule is C[C@H](NC1CCCCC1)C(=O)OCc1ccccc1. The van der Waals surface area contributed by atoms with Crippen LogP contribution in [0.25, 0.3) is 0 Å². The molecule has 104 valence electrons. The number of esters is 1. The standard InChI is InChI=1S/C16H23NO2/c1-13(17-15-10-6-3-7-11-15)16(18)19-12-14-8-4-2-5-9-14/h2,4-5,8-9,13,15,17H,3,6-7,10-12H2,1H3/t13-/m0/s1. The number of benzene rings is 1. The Labute approximate surface area is 115 Å². The summed E-state index contributed by atoms with van der Waals surface area (Å²) in [7, 11) is 0. The normalized spacial score (nSPS) is 17.9. The van der Waals surface area contributed by atoms with E-state index in [1.165, 1.54) is 32.1 Å². The van der Waals surface area contributed by atoms with Crippen LogP contribution >= 0.6 is 0 Å². The highest BCUT2D eigenvalue weighted by Crippen LogP contribution is 2.18. The molecule has 1 atom stereocenters. The van der Waals surface area contributed by atoms with E-state index < -0.39 is 0 Å². The zero-order valence-electron chi connectivity index (χ0n) is 11.6. The van der Waals surface area contributed by atoms with Gasteiger partial charge in [-0.2, -0.15) is 0 Å². The second-order valence-electron chi connectivity index (χ2n) is 5.32. The third kappa shape index (κ3) is 4.67. The van der Waals surface area contributed by atoms with Gasteiger partial charge in [0.2, 0.25) is 0 Å². The van der Waals surface area contributed by atoms with Crippen LogP contribution in [0.5, 0.6) is 0 Å². The minimum atomic E-state index is -0.216. The molecule has 0 amide bonds. The van der Waals surface area contributed by atoms with Crippen molar-refractivity contribution in [3.63, 3.8) is 0 Å². The fourth-order valence-electron chi connectivity index (χ4n) is 2.54. The van der Waals surface area contributed by atoms with Gasteiger partial charge >= 0.3 is 5.97 Å². The van der Waals surface area contributed by atoms with Gasteiger partial charge in [0.1, 0.15) is 12.6 Å². The van der Waals surface area contributed by atoms with Crippen molar-refractivity contribution in [3.05, 3.63) is 35.9 Å². The van der Waals surface area contributed by atoms with E-state index in [0.29, 0.717) is 12.6 Å². The average molecular weight is 261 g/mol. The predicted octanol–water partition coefficient (Wildman–Crippen LogP) is 3.04. The van der Waals surface area contributed by atoms with Crippen molar-refractivity contribution in [2.45, 2.75) is 57.7 Å². The maximum absolute atomic E-state index is 11.9. The Balaban J connectivity index is 1.72. The number of carbonyl (C=O) groups excluding carboxylic acids is 1. The van der Waals surface area contributed by atoms with Crippen LogP contribution in [0.15, 0.2) is 30.3 Å². The predicted molar refractivity (Wildman–Crippen MR) is 75.7 cm³/mol. The van der Waals surface area contributed by atoms with Gasteiger partial charge in [0.05, 0.1) is 0 Å². The molecular formula is C16H23NO2. The highest BCUT2D eigenvalue weighted by molar-refractivity contribution is 5.75. The first kappa shape index (κ1) is 14.1. The second-order valence-corrected chi connectivity index (χ2v) is 5.32. The van der Waals surface area contributed by atoms with Gasteiger partial charge in [0.25, 0.3) is 0 Å². The lowest BCUT2D eigenvalue weighted by molar-refractivity contribution is -0.147. The molecule has 0 bridgehead atoms. The van der Waals surface area contributed by atoms with E-state index in [1.807, 2.05) is 37.3 Å². The second kappa shape index (κ2) is 7.29. The van der Waals surface area contributed by atoms with Gasteiger partial charge in [0, 0.05) is 6.04 Å². The van der Waals surface area contributed by atoms with Crippen molar-refractivity contribution in [3.8, 4) is 0 Å². The van der Waals surface area contributed by atoms with Gasteiger partial charge in [-0.1, -0.05) is 49.6 Å². The molecule has 3 nitrogen and oxygen atoms in total. The third-order valence-corrected chi connectivity index (χ3v) is 3.67. The Kier molecular flexibility index (Phi) is 5.40. The summed E-state index contributed by atoms with van der Waals surface area (Å²) in [5.41, 5.74) is 1.03. The van der Waals surface area contributed by atoms with Gasteiger partial charge in [-0.25, -0.2) is 0 Å². The summed E-state index contributed by atoms with van der Waals surface area (Å²) in [4.78, 5) is 11.9. The molecule has 0 spiro atoms. The molecule has 19 heavy (non-hydrogen) atoms. The number of rotatable bonds is 5. The van der Waals surface area contributed by atoms with Crippen LogP contribution in [-0.2, 0) is 16.1 Å². The molecule has 1 saturated carbocycles. The van der Waals surface area contributed by atoms with Gasteiger partial charge in [0.15, 0.2) is 0 Å². The van der Waals surface area contributed by atoms with Crippen molar-refractivity contribution < 1.29 is 9.53 Å². The van der Waals surface area contributed by atoms with E-state index in [4.69, 9.17) is 4.74 Å². The zero-order chi connectivity index (χ0) is 13.5. The van der Waals surface area contributed by atoms with Gasteiger partial charge in [-0.05, 0) is 25.3 Å². The summed E-state index contributed by atoms with van der Waals surface area (Å²) >= 11 is 0. The van der Waals surface area contributed by atoms with E-state index in [2.05, 4.69) is 5.32 Å². The first-order valence-electron chi connectivity index (χ1n) is 7.22. The topological polar surface area (TPSA) is 38.3 Å². The molecule has 0 aromatic heterocycles. The van der Waals surface area contributed by atoms with Gasteiger partial charge < -0.3 is 10.1 Å².